The number of halogens is 2. The molecule has 3 amide bonds. The van der Waals surface area contributed by atoms with E-state index in [9.17, 15) is 18.8 Å². The zero-order chi connectivity index (χ0) is 35.2. The Kier molecular flexibility index (Phi) is 10.5. The first-order chi connectivity index (χ1) is 23.1. The van der Waals surface area contributed by atoms with E-state index in [1.807, 2.05) is 16.8 Å². The van der Waals surface area contributed by atoms with Crippen LogP contribution in [0.4, 0.5) is 8.78 Å². The summed E-state index contributed by atoms with van der Waals surface area (Å²) in [6, 6.07) is 2.59. The molecule has 4 saturated heterocycles. The van der Waals surface area contributed by atoms with Crippen molar-refractivity contribution in [1.82, 2.24) is 24.5 Å². The Bertz CT molecular complexity index is 1380. The molecule has 9 nitrogen and oxygen atoms in total. The van der Waals surface area contributed by atoms with Crippen LogP contribution in [0.15, 0.2) is 18.2 Å². The van der Waals surface area contributed by atoms with Gasteiger partial charge in [0.05, 0.1) is 12.0 Å². The van der Waals surface area contributed by atoms with Gasteiger partial charge < -0.3 is 24.3 Å². The Morgan fingerprint density at radius 3 is 2.22 bits per heavy atom. The largest absolute Gasteiger partial charge is 0.368 e. The molecule has 1 aromatic rings. The van der Waals surface area contributed by atoms with Gasteiger partial charge in [0.1, 0.15) is 23.8 Å². The summed E-state index contributed by atoms with van der Waals surface area (Å²) in [6.45, 7) is 15.1. The number of amides is 3. The third-order valence-electron chi connectivity index (χ3n) is 12.2. The van der Waals surface area contributed by atoms with Gasteiger partial charge in [0.15, 0.2) is 0 Å². The van der Waals surface area contributed by atoms with E-state index in [4.69, 9.17) is 4.74 Å². The van der Waals surface area contributed by atoms with Gasteiger partial charge in [-0.25, -0.2) is 8.78 Å². The Morgan fingerprint density at radius 2 is 1.61 bits per heavy atom. The predicted molar refractivity (Wildman–Crippen MR) is 184 cm³/mol. The number of ether oxygens (including phenoxy) is 1. The van der Waals surface area contributed by atoms with Gasteiger partial charge in [0.25, 0.3) is 5.91 Å². The van der Waals surface area contributed by atoms with Gasteiger partial charge in [0.2, 0.25) is 11.8 Å². The second-order valence-electron chi connectivity index (χ2n) is 17.1. The number of carbonyl (C=O) groups is 3. The molecule has 4 heterocycles. The number of benzene rings is 1. The number of nitrogens with zero attached hydrogens (tertiary/aromatic N) is 5. The highest BCUT2D eigenvalue weighted by molar-refractivity contribution is 5.91. The predicted octanol–water partition coefficient (Wildman–Crippen LogP) is 4.50. The molecule has 4 aliphatic heterocycles. The molecule has 1 saturated carbocycles. The third-order valence-corrected chi connectivity index (χ3v) is 12.2. The average Bonchev–Trinajstić information content (AvgIpc) is 3.82. The fourth-order valence-corrected chi connectivity index (χ4v) is 8.92. The molecule has 5 aliphatic rings. The molecule has 0 radical (unpaired) electrons. The molecule has 0 spiro atoms. The fourth-order valence-electron chi connectivity index (χ4n) is 8.92. The highest BCUT2D eigenvalue weighted by atomic mass is 19.1. The van der Waals surface area contributed by atoms with Crippen molar-refractivity contribution in [3.05, 3.63) is 35.4 Å². The summed E-state index contributed by atoms with van der Waals surface area (Å²) in [5.41, 5.74) is 0.244. The molecule has 272 valence electrons. The van der Waals surface area contributed by atoms with Gasteiger partial charge in [-0.05, 0) is 89.8 Å². The van der Waals surface area contributed by atoms with Crippen LogP contribution >= 0.6 is 0 Å². The van der Waals surface area contributed by atoms with E-state index in [0.29, 0.717) is 51.2 Å². The van der Waals surface area contributed by atoms with Gasteiger partial charge in [-0.3, -0.25) is 19.3 Å². The molecule has 49 heavy (non-hydrogen) atoms. The maximum Gasteiger partial charge on any atom is 0.252 e. The van der Waals surface area contributed by atoms with Gasteiger partial charge in [-0.15, -0.1) is 0 Å². The molecule has 1 aliphatic carbocycles. The van der Waals surface area contributed by atoms with Crippen molar-refractivity contribution >= 4 is 17.7 Å². The Balaban J connectivity index is 1.34. The van der Waals surface area contributed by atoms with Crippen molar-refractivity contribution in [3.63, 3.8) is 0 Å². The summed E-state index contributed by atoms with van der Waals surface area (Å²) in [7, 11) is 2.04. The lowest BCUT2D eigenvalue weighted by Crippen LogP contribution is -2.54. The van der Waals surface area contributed by atoms with Crippen molar-refractivity contribution in [1.29, 1.82) is 0 Å². The van der Waals surface area contributed by atoms with Crippen LogP contribution in [0.2, 0.25) is 0 Å². The van der Waals surface area contributed by atoms with Crippen LogP contribution in [-0.2, 0) is 19.1 Å². The second-order valence-corrected chi connectivity index (χ2v) is 17.1. The lowest BCUT2D eigenvalue weighted by Gasteiger charge is -2.43. The zero-order valence-corrected chi connectivity index (χ0v) is 30.4. The first-order valence-electron chi connectivity index (χ1n) is 18.5. The number of hydrogen-bond acceptors (Lipinski definition) is 6. The molecular weight excluding hydrogens is 628 g/mol. The number of likely N-dealkylation sites (N-methyl/N-ethyl adjacent to an activating group) is 1. The van der Waals surface area contributed by atoms with Crippen molar-refractivity contribution in [2.45, 2.75) is 115 Å². The molecule has 5 atom stereocenters. The second kappa shape index (κ2) is 14.2. The lowest BCUT2D eigenvalue weighted by atomic mass is 9.75. The summed E-state index contributed by atoms with van der Waals surface area (Å²) in [5.74, 6) is -2.72. The summed E-state index contributed by atoms with van der Waals surface area (Å²) in [4.78, 5) is 53.7. The number of rotatable bonds is 6. The molecule has 11 heteroatoms. The van der Waals surface area contributed by atoms with Crippen molar-refractivity contribution in [2.75, 3.05) is 59.5 Å². The first kappa shape index (κ1) is 36.2. The van der Waals surface area contributed by atoms with Crippen molar-refractivity contribution < 1.29 is 27.9 Å². The minimum absolute atomic E-state index is 0.0154. The number of piperazine rings is 1. The van der Waals surface area contributed by atoms with Crippen LogP contribution in [0.1, 0.15) is 91.0 Å². The molecule has 0 N–H and O–H groups in total. The molecule has 6 rings (SSSR count). The summed E-state index contributed by atoms with van der Waals surface area (Å²) in [5, 5.41) is 0. The molecular formula is C38H57F2N5O4. The van der Waals surface area contributed by atoms with E-state index in [2.05, 4.69) is 44.4 Å². The van der Waals surface area contributed by atoms with E-state index >= 15 is 4.39 Å². The average molecular weight is 686 g/mol. The molecule has 0 aromatic heterocycles. The van der Waals surface area contributed by atoms with Gasteiger partial charge in [-0.2, -0.15) is 0 Å². The van der Waals surface area contributed by atoms with Crippen molar-refractivity contribution in [2.24, 2.45) is 11.3 Å². The normalized spacial score (nSPS) is 30.2. The van der Waals surface area contributed by atoms with E-state index in [0.717, 1.165) is 51.3 Å². The number of likely N-dealkylation sites (tertiary alicyclic amines) is 2. The zero-order valence-electron chi connectivity index (χ0n) is 30.4. The quantitative estimate of drug-likeness (QED) is 0.440. The molecule has 5 fully saturated rings. The highest BCUT2D eigenvalue weighted by Gasteiger charge is 2.52. The number of carbonyl (C=O) groups excluding carboxylic acids is 3. The Morgan fingerprint density at radius 1 is 0.918 bits per heavy atom. The van der Waals surface area contributed by atoms with E-state index in [1.54, 1.807) is 4.90 Å². The first-order valence-corrected chi connectivity index (χ1v) is 18.5. The summed E-state index contributed by atoms with van der Waals surface area (Å²) in [6.07, 6.45) is 5.16. The molecule has 0 bridgehead atoms. The Labute approximate surface area is 291 Å². The maximum atomic E-state index is 15.4. The standard InChI is InChI=1S/C38H57F2N5O4/c1-37(2,3)43-23-29(28-10-9-25(39)20-31(28)40)30(24-43)34(46)44-22-27(21-32(44)35(47)42-17-15-41(6)16-18-42)45(36(48)33-8-7-19-49-33)26-11-13-38(4,5)14-12-26/h9-10,20,26-27,29-30,32-33H,7-8,11-19,21-24H2,1-6H3/t27-,29-,30-,32-,33-/m0/s1. The summed E-state index contributed by atoms with van der Waals surface area (Å²) < 4.78 is 35.3. The Hall–Kier alpha value is -2.63. The smallest absolute Gasteiger partial charge is 0.252 e. The SMILES string of the molecule is CN1CCN(C(=O)[C@@H]2C[C@H](N(C(=O)[C@@H]3CCCO3)C3CCC(C)(C)CC3)CN2C(=O)[C@H]2CN(C(C)(C)C)C[C@H]2c2ccc(F)cc2F)CC1. The van der Waals surface area contributed by atoms with Crippen molar-refractivity contribution in [3.8, 4) is 0 Å². The fraction of sp³-hybridized carbons (Fsp3) is 0.763. The topological polar surface area (TPSA) is 76.6 Å². The monoisotopic (exact) mass is 685 g/mol. The molecule has 1 aromatic carbocycles. The molecule has 0 unspecified atom stereocenters. The lowest BCUT2D eigenvalue weighted by molar-refractivity contribution is -0.148. The number of hydrogen-bond donors (Lipinski definition) is 0. The van der Waals surface area contributed by atoms with Crippen LogP contribution in [0, 0.1) is 23.0 Å². The third kappa shape index (κ3) is 7.69. The van der Waals surface area contributed by atoms with Crippen LogP contribution in [0.3, 0.4) is 0 Å². The van der Waals surface area contributed by atoms with E-state index < -0.39 is 35.6 Å². The van der Waals surface area contributed by atoms with Gasteiger partial charge >= 0.3 is 0 Å². The van der Waals surface area contributed by atoms with Crippen LogP contribution in [-0.4, -0.2) is 131 Å². The maximum absolute atomic E-state index is 15.4. The van der Waals surface area contributed by atoms with Crippen LogP contribution in [0.5, 0.6) is 0 Å². The minimum Gasteiger partial charge on any atom is -0.368 e. The minimum atomic E-state index is -0.719. The van der Waals surface area contributed by atoms with E-state index in [1.165, 1.54) is 12.1 Å². The highest BCUT2D eigenvalue weighted by Crippen LogP contribution is 2.42. The van der Waals surface area contributed by atoms with Gasteiger partial charge in [0, 0.05) is 76.0 Å². The van der Waals surface area contributed by atoms with E-state index in [-0.39, 0.29) is 47.3 Å². The van der Waals surface area contributed by atoms with Gasteiger partial charge in [-0.1, -0.05) is 19.9 Å². The van der Waals surface area contributed by atoms with Crippen LogP contribution < -0.4 is 0 Å². The van der Waals surface area contributed by atoms with Crippen LogP contribution in [0.25, 0.3) is 0 Å². The summed E-state index contributed by atoms with van der Waals surface area (Å²) >= 11 is 0.